The number of aryl methyl sites for hydroxylation is 1. The fraction of sp³-hybridized carbons (Fsp3) is 0.167. The molecule has 0 aliphatic heterocycles. The molecule has 6 nitrogen and oxygen atoms in total. The average Bonchev–Trinajstić information content (AvgIpc) is 3.17. The minimum atomic E-state index is -1.08. The first kappa shape index (κ1) is 17.5. The van der Waals surface area contributed by atoms with Crippen molar-refractivity contribution in [3.8, 4) is 11.5 Å². The van der Waals surface area contributed by atoms with Crippen LogP contribution in [0.15, 0.2) is 57.9 Å². The van der Waals surface area contributed by atoms with Crippen LogP contribution in [0, 0.1) is 11.6 Å². The summed E-state index contributed by atoms with van der Waals surface area (Å²) < 4.78 is 32.5. The summed E-state index contributed by atoms with van der Waals surface area (Å²) in [4.78, 5) is 23.8. The Morgan fingerprint density at radius 2 is 2.00 bits per heavy atom. The summed E-state index contributed by atoms with van der Waals surface area (Å²) in [7, 11) is 0. The van der Waals surface area contributed by atoms with Gasteiger partial charge in [0.1, 0.15) is 5.69 Å². The van der Waals surface area contributed by atoms with Gasteiger partial charge in [-0.3, -0.25) is 9.59 Å². The molecule has 0 radical (unpaired) electrons. The lowest BCUT2D eigenvalue weighted by atomic mass is 10.2. The topological polar surface area (TPSA) is 77.1 Å². The third-order valence-electron chi connectivity index (χ3n) is 3.65. The SMILES string of the molecule is O=C(NCCCn1nc(-c2ccco2)ccc1=O)c1ccc(F)c(F)c1. The number of benzene rings is 1. The summed E-state index contributed by atoms with van der Waals surface area (Å²) in [5, 5.41) is 6.81. The van der Waals surface area contributed by atoms with Crippen molar-refractivity contribution in [3.05, 3.63) is 76.3 Å². The maximum absolute atomic E-state index is 13.1. The number of nitrogens with zero attached hydrogens (tertiary/aromatic N) is 2. The van der Waals surface area contributed by atoms with Crippen LogP contribution in [0.5, 0.6) is 0 Å². The van der Waals surface area contributed by atoms with Gasteiger partial charge in [-0.25, -0.2) is 13.5 Å². The zero-order chi connectivity index (χ0) is 18.5. The van der Waals surface area contributed by atoms with Gasteiger partial charge in [-0.2, -0.15) is 5.10 Å². The molecule has 0 unspecified atom stereocenters. The van der Waals surface area contributed by atoms with E-state index in [4.69, 9.17) is 4.42 Å². The van der Waals surface area contributed by atoms with E-state index in [1.165, 1.54) is 23.1 Å². The largest absolute Gasteiger partial charge is 0.463 e. The molecule has 2 aromatic heterocycles. The molecule has 1 amide bonds. The summed E-state index contributed by atoms with van der Waals surface area (Å²) >= 11 is 0. The molecule has 3 aromatic rings. The minimum absolute atomic E-state index is 0.0269. The fourth-order valence-corrected chi connectivity index (χ4v) is 2.34. The Bertz CT molecular complexity index is 968. The molecule has 0 fully saturated rings. The first-order valence-electron chi connectivity index (χ1n) is 7.90. The van der Waals surface area contributed by atoms with Crippen molar-refractivity contribution >= 4 is 5.91 Å². The van der Waals surface area contributed by atoms with Gasteiger partial charge in [0.05, 0.1) is 6.26 Å². The highest BCUT2D eigenvalue weighted by atomic mass is 19.2. The van der Waals surface area contributed by atoms with E-state index in [1.54, 1.807) is 18.2 Å². The number of nitrogens with one attached hydrogen (secondary N) is 1. The maximum Gasteiger partial charge on any atom is 0.266 e. The van der Waals surface area contributed by atoms with Crippen LogP contribution in [0.3, 0.4) is 0 Å². The lowest BCUT2D eigenvalue weighted by molar-refractivity contribution is 0.0952. The quantitative estimate of drug-likeness (QED) is 0.687. The molecule has 26 heavy (non-hydrogen) atoms. The van der Waals surface area contributed by atoms with Crippen molar-refractivity contribution in [3.63, 3.8) is 0 Å². The first-order chi connectivity index (χ1) is 12.5. The van der Waals surface area contributed by atoms with Crippen LogP contribution < -0.4 is 10.9 Å². The second-order valence-electron chi connectivity index (χ2n) is 5.50. The van der Waals surface area contributed by atoms with E-state index in [1.807, 2.05) is 0 Å². The molecule has 8 heteroatoms. The molecule has 0 aliphatic rings. The van der Waals surface area contributed by atoms with Crippen LogP contribution in [-0.4, -0.2) is 22.2 Å². The van der Waals surface area contributed by atoms with Gasteiger partial charge in [-0.05, 0) is 42.8 Å². The van der Waals surface area contributed by atoms with Gasteiger partial charge in [0.15, 0.2) is 17.4 Å². The van der Waals surface area contributed by atoms with Crippen molar-refractivity contribution in [1.29, 1.82) is 0 Å². The highest BCUT2D eigenvalue weighted by molar-refractivity contribution is 5.94. The predicted octanol–water partition coefficient (Wildman–Crippen LogP) is 2.60. The number of hydrogen-bond donors (Lipinski definition) is 1. The van der Waals surface area contributed by atoms with Gasteiger partial charge < -0.3 is 9.73 Å². The second-order valence-corrected chi connectivity index (χ2v) is 5.50. The van der Waals surface area contributed by atoms with E-state index in [0.717, 1.165) is 12.1 Å². The molecule has 1 aromatic carbocycles. The number of carbonyl (C=O) groups excluding carboxylic acids is 1. The molecule has 1 N–H and O–H groups in total. The van der Waals surface area contributed by atoms with E-state index in [9.17, 15) is 18.4 Å². The zero-order valence-electron chi connectivity index (χ0n) is 13.6. The van der Waals surface area contributed by atoms with Crippen LogP contribution in [0.25, 0.3) is 11.5 Å². The number of furan rings is 1. The molecule has 0 saturated heterocycles. The van der Waals surface area contributed by atoms with Crippen LogP contribution in [0.4, 0.5) is 8.78 Å². The van der Waals surface area contributed by atoms with E-state index >= 15 is 0 Å². The van der Waals surface area contributed by atoms with Gasteiger partial charge >= 0.3 is 0 Å². The lowest BCUT2D eigenvalue weighted by Crippen LogP contribution is -2.28. The molecule has 0 atom stereocenters. The Morgan fingerprint density at radius 1 is 1.15 bits per heavy atom. The second kappa shape index (κ2) is 7.73. The van der Waals surface area contributed by atoms with E-state index in [0.29, 0.717) is 17.9 Å². The van der Waals surface area contributed by atoms with Crippen molar-refractivity contribution in [2.75, 3.05) is 6.54 Å². The number of halogens is 2. The van der Waals surface area contributed by atoms with Gasteiger partial charge in [-0.15, -0.1) is 0 Å². The monoisotopic (exact) mass is 359 g/mol. The molecule has 134 valence electrons. The molecule has 0 spiro atoms. The van der Waals surface area contributed by atoms with E-state index < -0.39 is 17.5 Å². The van der Waals surface area contributed by atoms with Gasteiger partial charge in [-0.1, -0.05) is 0 Å². The highest BCUT2D eigenvalue weighted by Crippen LogP contribution is 2.15. The fourth-order valence-electron chi connectivity index (χ4n) is 2.34. The Balaban J connectivity index is 1.56. The molecule has 2 heterocycles. The summed E-state index contributed by atoms with van der Waals surface area (Å²) in [5.41, 5.74) is 0.284. The van der Waals surface area contributed by atoms with Crippen LogP contribution >= 0.6 is 0 Å². The van der Waals surface area contributed by atoms with Crippen molar-refractivity contribution in [2.24, 2.45) is 0 Å². The Kier molecular flexibility index (Phi) is 5.21. The number of rotatable bonds is 6. The zero-order valence-corrected chi connectivity index (χ0v) is 13.6. The third kappa shape index (κ3) is 4.02. The number of amides is 1. The van der Waals surface area contributed by atoms with E-state index in [2.05, 4.69) is 10.4 Å². The highest BCUT2D eigenvalue weighted by Gasteiger charge is 2.09. The van der Waals surface area contributed by atoms with Crippen LogP contribution in [-0.2, 0) is 6.54 Å². The normalized spacial score (nSPS) is 10.7. The van der Waals surface area contributed by atoms with Gasteiger partial charge in [0.25, 0.3) is 11.5 Å². The van der Waals surface area contributed by atoms with Crippen LogP contribution in [0.2, 0.25) is 0 Å². The molecule has 3 rings (SSSR count). The van der Waals surface area contributed by atoms with Crippen LogP contribution in [0.1, 0.15) is 16.8 Å². The van der Waals surface area contributed by atoms with Crippen molar-refractivity contribution in [1.82, 2.24) is 15.1 Å². The smallest absolute Gasteiger partial charge is 0.266 e. The first-order valence-corrected chi connectivity index (χ1v) is 7.90. The van der Waals surface area contributed by atoms with Crippen molar-refractivity contribution < 1.29 is 18.0 Å². The molecular weight excluding hydrogens is 344 g/mol. The maximum atomic E-state index is 13.1. The summed E-state index contributed by atoms with van der Waals surface area (Å²) in [6.45, 7) is 0.530. The lowest BCUT2D eigenvalue weighted by Gasteiger charge is -2.08. The number of aromatic nitrogens is 2. The summed E-state index contributed by atoms with van der Waals surface area (Å²) in [5.74, 6) is -2.06. The van der Waals surface area contributed by atoms with Gasteiger partial charge in [0, 0.05) is 24.7 Å². The average molecular weight is 359 g/mol. The Hall–Kier alpha value is -3.29. The molecule has 0 bridgehead atoms. The summed E-state index contributed by atoms with van der Waals surface area (Å²) in [6.07, 6.45) is 1.95. The Morgan fingerprint density at radius 3 is 2.73 bits per heavy atom. The molecule has 0 aliphatic carbocycles. The molecule has 0 saturated carbocycles. The van der Waals surface area contributed by atoms with Crippen molar-refractivity contribution in [2.45, 2.75) is 13.0 Å². The third-order valence-corrected chi connectivity index (χ3v) is 3.65. The van der Waals surface area contributed by atoms with E-state index in [-0.39, 0.29) is 24.2 Å². The summed E-state index contributed by atoms with van der Waals surface area (Å²) in [6, 6.07) is 9.36. The Labute approximate surface area is 147 Å². The minimum Gasteiger partial charge on any atom is -0.463 e. The van der Waals surface area contributed by atoms with Gasteiger partial charge in [0.2, 0.25) is 0 Å². The number of carbonyl (C=O) groups is 1. The molecular formula is C18H15F2N3O3. The number of hydrogen-bond acceptors (Lipinski definition) is 4. The predicted molar refractivity (Wildman–Crippen MR) is 89.5 cm³/mol. The standard InChI is InChI=1S/C18H15F2N3O3/c19-13-5-4-12(11-14(13)20)18(25)21-8-2-9-23-17(24)7-6-15(22-23)16-3-1-10-26-16/h1,3-7,10-11H,2,8-9H2,(H,21,25).